The number of fused-ring (bicyclic) bond motifs is 2. The van der Waals surface area contributed by atoms with Crippen LogP contribution in [-0.2, 0) is 29.0 Å². The topological polar surface area (TPSA) is 69.7 Å². The molecule has 186 valence electrons. The molecule has 1 atom stereocenters. The zero-order valence-electron chi connectivity index (χ0n) is 20.4. The van der Waals surface area contributed by atoms with Crippen molar-refractivity contribution in [3.8, 4) is 0 Å². The molecular formula is C28H34BrN3O3. The average molecular weight is 541 g/mol. The van der Waals surface area contributed by atoms with Gasteiger partial charge >= 0.3 is 0 Å². The predicted octanol–water partition coefficient (Wildman–Crippen LogP) is 4.66. The lowest BCUT2D eigenvalue weighted by atomic mass is 9.98. The lowest BCUT2D eigenvalue weighted by Crippen LogP contribution is -2.46. The number of amides is 2. The van der Waals surface area contributed by atoms with Crippen molar-refractivity contribution < 1.29 is 14.4 Å². The van der Waals surface area contributed by atoms with Gasteiger partial charge in [0.1, 0.15) is 12.3 Å². The number of unbranched alkanes of at least 4 members (excludes halogenated alkanes) is 2. The highest BCUT2D eigenvalue weighted by molar-refractivity contribution is 9.10. The lowest BCUT2D eigenvalue weighted by Gasteiger charge is -2.31. The van der Waals surface area contributed by atoms with Crippen LogP contribution in [-0.4, -0.2) is 49.2 Å². The van der Waals surface area contributed by atoms with Gasteiger partial charge in [-0.3, -0.25) is 9.59 Å². The molecule has 1 unspecified atom stereocenters. The van der Waals surface area contributed by atoms with Crippen molar-refractivity contribution in [1.29, 1.82) is 0 Å². The minimum atomic E-state index is -0.619. The summed E-state index contributed by atoms with van der Waals surface area (Å²) in [5, 5.41) is 2.64. The second-order valence-electron chi connectivity index (χ2n) is 9.42. The van der Waals surface area contributed by atoms with Crippen LogP contribution in [0, 0.1) is 0 Å². The van der Waals surface area contributed by atoms with E-state index in [-0.39, 0.29) is 18.2 Å². The van der Waals surface area contributed by atoms with Crippen molar-refractivity contribution >= 4 is 39.7 Å². The minimum Gasteiger partial charge on any atom is -0.371 e. The highest BCUT2D eigenvalue weighted by Crippen LogP contribution is 2.31. The highest BCUT2D eigenvalue weighted by Gasteiger charge is 2.36. The Morgan fingerprint density at radius 1 is 1.20 bits per heavy atom. The number of aldehydes is 1. The van der Waals surface area contributed by atoms with Gasteiger partial charge in [0.2, 0.25) is 5.91 Å². The summed E-state index contributed by atoms with van der Waals surface area (Å²) in [6, 6.07) is 11.9. The van der Waals surface area contributed by atoms with Crippen LogP contribution >= 0.6 is 15.9 Å². The molecule has 7 heteroatoms. The number of aryl methyl sites for hydroxylation is 2. The number of anilines is 1. The van der Waals surface area contributed by atoms with E-state index in [9.17, 15) is 14.4 Å². The van der Waals surface area contributed by atoms with Gasteiger partial charge in [0.05, 0.1) is 0 Å². The molecule has 0 saturated carbocycles. The number of hydrogen-bond donors (Lipinski definition) is 1. The van der Waals surface area contributed by atoms with E-state index in [1.54, 1.807) is 11.9 Å². The smallest absolute Gasteiger partial charge is 0.255 e. The molecule has 6 nitrogen and oxygen atoms in total. The number of carbonyl (C=O) groups is 3. The molecule has 35 heavy (non-hydrogen) atoms. The molecule has 2 heterocycles. The van der Waals surface area contributed by atoms with E-state index in [1.807, 2.05) is 12.1 Å². The third kappa shape index (κ3) is 5.77. The summed E-state index contributed by atoms with van der Waals surface area (Å²) in [5.41, 5.74) is 5.73. The molecule has 0 saturated heterocycles. The standard InChI is InChI=1S/C28H34BrN3O3/c1-30-27(34)26(12-7-17-33)32-19-24-20(9-5-11-23(24)28(32)35)8-3-2-4-15-31-16-6-10-21-18-22(29)13-14-25(21)31/h5,9,11,13-14,17-18,26H,2-4,6-8,10,12,15-16,19H2,1H3,(H,30,34). The summed E-state index contributed by atoms with van der Waals surface area (Å²) >= 11 is 3.59. The Labute approximate surface area is 216 Å². The fourth-order valence-corrected chi connectivity index (χ4v) is 5.80. The maximum Gasteiger partial charge on any atom is 0.255 e. The molecule has 0 spiro atoms. The van der Waals surface area contributed by atoms with E-state index < -0.39 is 6.04 Å². The highest BCUT2D eigenvalue weighted by atomic mass is 79.9. The van der Waals surface area contributed by atoms with Gasteiger partial charge in [0.25, 0.3) is 5.91 Å². The van der Waals surface area contributed by atoms with Gasteiger partial charge in [-0.25, -0.2) is 0 Å². The molecule has 1 N–H and O–H groups in total. The number of rotatable bonds is 11. The Bertz CT molecular complexity index is 1090. The summed E-state index contributed by atoms with van der Waals surface area (Å²) in [6.07, 6.45) is 8.01. The first-order valence-corrected chi connectivity index (χ1v) is 13.4. The van der Waals surface area contributed by atoms with Crippen LogP contribution < -0.4 is 10.2 Å². The quantitative estimate of drug-likeness (QED) is 0.333. The third-order valence-electron chi connectivity index (χ3n) is 7.21. The molecular weight excluding hydrogens is 506 g/mol. The van der Waals surface area contributed by atoms with Crippen molar-refractivity contribution in [2.75, 3.05) is 25.0 Å². The summed E-state index contributed by atoms with van der Waals surface area (Å²) in [6.45, 7) is 2.62. The summed E-state index contributed by atoms with van der Waals surface area (Å²) in [7, 11) is 1.57. The van der Waals surface area contributed by atoms with Crippen LogP contribution in [0.3, 0.4) is 0 Å². The zero-order chi connectivity index (χ0) is 24.8. The zero-order valence-corrected chi connectivity index (χ0v) is 22.0. The van der Waals surface area contributed by atoms with Crippen LogP contribution in [0.2, 0.25) is 0 Å². The molecule has 0 fully saturated rings. The van der Waals surface area contributed by atoms with E-state index in [1.165, 1.54) is 23.2 Å². The SMILES string of the molecule is CNC(=O)C(CCC=O)N1Cc2c(CCCCCN3CCCc4cc(Br)ccc43)cccc2C1=O. The molecule has 4 rings (SSSR count). The van der Waals surface area contributed by atoms with Gasteiger partial charge in [-0.05, 0) is 79.5 Å². The van der Waals surface area contributed by atoms with Gasteiger partial charge in [0.15, 0.2) is 0 Å². The van der Waals surface area contributed by atoms with E-state index >= 15 is 0 Å². The molecule has 0 bridgehead atoms. The second-order valence-corrected chi connectivity index (χ2v) is 10.3. The van der Waals surface area contributed by atoms with Crippen LogP contribution in [0.25, 0.3) is 0 Å². The number of carbonyl (C=O) groups excluding carboxylic acids is 3. The Morgan fingerprint density at radius 3 is 2.86 bits per heavy atom. The molecule has 0 radical (unpaired) electrons. The van der Waals surface area contributed by atoms with Crippen LogP contribution in [0.15, 0.2) is 40.9 Å². The van der Waals surface area contributed by atoms with E-state index in [0.717, 1.165) is 61.5 Å². The normalized spacial score (nSPS) is 15.5. The number of nitrogens with one attached hydrogen (secondary N) is 1. The first kappa shape index (κ1) is 25.4. The summed E-state index contributed by atoms with van der Waals surface area (Å²) in [5.74, 6) is -0.335. The average Bonchev–Trinajstić information content (AvgIpc) is 3.20. The molecule has 2 amide bonds. The Morgan fingerprint density at radius 2 is 2.06 bits per heavy atom. The maximum absolute atomic E-state index is 13.1. The van der Waals surface area contributed by atoms with E-state index in [2.05, 4.69) is 50.4 Å². The molecule has 0 aromatic heterocycles. The number of nitrogens with zero attached hydrogens (tertiary/aromatic N) is 2. The number of hydrogen-bond acceptors (Lipinski definition) is 4. The summed E-state index contributed by atoms with van der Waals surface area (Å²) in [4.78, 5) is 40.6. The monoisotopic (exact) mass is 539 g/mol. The predicted molar refractivity (Wildman–Crippen MR) is 142 cm³/mol. The molecule has 2 aromatic rings. The molecule has 0 aliphatic carbocycles. The molecule has 2 aliphatic heterocycles. The number of halogens is 1. The van der Waals surface area contributed by atoms with Crippen LogP contribution in [0.4, 0.5) is 5.69 Å². The molecule has 2 aliphatic rings. The van der Waals surface area contributed by atoms with Crippen LogP contribution in [0.5, 0.6) is 0 Å². The van der Waals surface area contributed by atoms with Crippen molar-refractivity contribution in [2.45, 2.75) is 64.0 Å². The molecule has 2 aromatic carbocycles. The number of benzene rings is 2. The van der Waals surface area contributed by atoms with Crippen molar-refractivity contribution in [3.05, 3.63) is 63.1 Å². The lowest BCUT2D eigenvalue weighted by molar-refractivity contribution is -0.125. The maximum atomic E-state index is 13.1. The van der Waals surface area contributed by atoms with E-state index in [4.69, 9.17) is 0 Å². The van der Waals surface area contributed by atoms with Gasteiger partial charge < -0.3 is 19.9 Å². The Hall–Kier alpha value is -2.67. The minimum absolute atomic E-state index is 0.114. The van der Waals surface area contributed by atoms with Crippen molar-refractivity contribution in [2.24, 2.45) is 0 Å². The van der Waals surface area contributed by atoms with Gasteiger partial charge in [-0.2, -0.15) is 0 Å². The van der Waals surface area contributed by atoms with Gasteiger partial charge in [0, 0.05) is 48.8 Å². The first-order chi connectivity index (χ1) is 17.0. The third-order valence-corrected chi connectivity index (χ3v) is 7.70. The van der Waals surface area contributed by atoms with Crippen molar-refractivity contribution in [3.63, 3.8) is 0 Å². The van der Waals surface area contributed by atoms with Crippen LogP contribution in [0.1, 0.15) is 65.6 Å². The Balaban J connectivity index is 1.33. The fraction of sp³-hybridized carbons (Fsp3) is 0.464. The van der Waals surface area contributed by atoms with E-state index in [0.29, 0.717) is 18.5 Å². The van der Waals surface area contributed by atoms with Gasteiger partial charge in [-0.1, -0.05) is 34.5 Å². The van der Waals surface area contributed by atoms with Gasteiger partial charge in [-0.15, -0.1) is 0 Å². The first-order valence-electron chi connectivity index (χ1n) is 12.6. The summed E-state index contributed by atoms with van der Waals surface area (Å²) < 4.78 is 1.15. The second kappa shape index (κ2) is 11.8. The number of likely N-dealkylation sites (N-methyl/N-ethyl adjacent to an activating group) is 1. The Kier molecular flexibility index (Phi) is 8.60. The van der Waals surface area contributed by atoms with Crippen molar-refractivity contribution in [1.82, 2.24) is 10.2 Å². The fourth-order valence-electron chi connectivity index (χ4n) is 5.40. The largest absolute Gasteiger partial charge is 0.371 e.